The molecule has 2 amide bonds. The number of amides is 2. The molecule has 16 heavy (non-hydrogen) atoms. The van der Waals surface area contributed by atoms with Gasteiger partial charge in [-0.3, -0.25) is 0 Å². The smallest absolute Gasteiger partial charge is 0.390 e. The SMILES string of the molecule is N=C(N)[N+](N)(N)N.O=C1N=NC([N+](=O)[O-])=N1. The Kier molecular flexibility index (Phi) is 4.21. The van der Waals surface area contributed by atoms with Crippen LogP contribution in [-0.4, -0.2) is 27.7 Å². The van der Waals surface area contributed by atoms with Gasteiger partial charge >= 0.3 is 18.0 Å². The standard InChI is InChI=1S/C2N4O3.CH9N6/c7-2-3-1(4-5-2)6(8)9;2-1(3)7(4,5)6/h;4-6H2,(H3,2,3)/q;+1. The fraction of sp³-hybridized carbons (Fsp3) is 0. The maximum Gasteiger partial charge on any atom is 0.496 e. The number of nitro groups is 1. The van der Waals surface area contributed by atoms with Gasteiger partial charge in [0.1, 0.15) is 0 Å². The molecule has 1 aliphatic rings. The van der Waals surface area contributed by atoms with Crippen LogP contribution in [0.3, 0.4) is 0 Å². The second kappa shape index (κ2) is 4.94. The third-order valence-electron chi connectivity index (χ3n) is 1.00. The Labute approximate surface area is 87.6 Å². The lowest BCUT2D eigenvalue weighted by molar-refractivity contribution is -0.880. The lowest BCUT2D eigenvalue weighted by Gasteiger charge is -2.14. The molecule has 0 aromatic carbocycles. The average molecular weight is 233 g/mol. The number of urea groups is 1. The van der Waals surface area contributed by atoms with Crippen molar-refractivity contribution in [1.29, 1.82) is 5.41 Å². The first-order valence-electron chi connectivity index (χ1n) is 3.42. The molecule has 0 bridgehead atoms. The summed E-state index contributed by atoms with van der Waals surface area (Å²) in [6.45, 7) is 0. The van der Waals surface area contributed by atoms with Crippen LogP contribution in [0.25, 0.3) is 0 Å². The Morgan fingerprint density at radius 2 is 1.81 bits per heavy atom. The Balaban J connectivity index is 0.000000293. The molecule has 1 aliphatic heterocycles. The summed E-state index contributed by atoms with van der Waals surface area (Å²) >= 11 is 0. The highest BCUT2D eigenvalue weighted by Gasteiger charge is 2.23. The van der Waals surface area contributed by atoms with Crippen LogP contribution in [0.15, 0.2) is 15.2 Å². The molecule has 13 heteroatoms. The van der Waals surface area contributed by atoms with Crippen LogP contribution in [0.1, 0.15) is 0 Å². The Bertz CT molecular complexity index is 375. The molecule has 0 aliphatic carbocycles. The number of carbonyl (C=O) groups excluding carboxylic acids is 1. The van der Waals surface area contributed by atoms with E-state index in [4.69, 9.17) is 28.7 Å². The first kappa shape index (κ1) is 13.7. The van der Waals surface area contributed by atoms with Gasteiger partial charge in [0.25, 0.3) is 0 Å². The summed E-state index contributed by atoms with van der Waals surface area (Å²) < 4.78 is 0. The lowest BCUT2D eigenvalue weighted by Crippen LogP contribution is -2.71. The number of carbonyl (C=O) groups is 1. The number of rotatable bonds is 0. The van der Waals surface area contributed by atoms with Gasteiger partial charge in [-0.25, -0.2) is 10.2 Å². The van der Waals surface area contributed by atoms with Gasteiger partial charge in [-0.15, -0.1) is 17.5 Å². The van der Waals surface area contributed by atoms with E-state index in [9.17, 15) is 14.9 Å². The van der Waals surface area contributed by atoms with E-state index in [-0.39, 0.29) is 0 Å². The maximum atomic E-state index is 10.0. The van der Waals surface area contributed by atoms with Gasteiger partial charge < -0.3 is 15.8 Å². The summed E-state index contributed by atoms with van der Waals surface area (Å²) in [7, 11) is 0. The molecule has 13 nitrogen and oxygen atoms in total. The van der Waals surface area contributed by atoms with Crippen molar-refractivity contribution in [1.82, 2.24) is 0 Å². The van der Waals surface area contributed by atoms with Crippen molar-refractivity contribution < 1.29 is 14.5 Å². The predicted molar refractivity (Wildman–Crippen MR) is 49.4 cm³/mol. The van der Waals surface area contributed by atoms with E-state index in [1.165, 1.54) is 0 Å². The normalized spacial score (nSPS) is 13.9. The van der Waals surface area contributed by atoms with Gasteiger partial charge in [0.2, 0.25) is 0 Å². The van der Waals surface area contributed by atoms with Crippen LogP contribution in [0.2, 0.25) is 0 Å². The zero-order chi connectivity index (χ0) is 12.9. The first-order valence-corrected chi connectivity index (χ1v) is 3.42. The summed E-state index contributed by atoms with van der Waals surface area (Å²) in [5.41, 5.74) is 4.75. The second-order valence-electron chi connectivity index (χ2n) is 2.37. The highest BCUT2D eigenvalue weighted by molar-refractivity contribution is 5.93. The van der Waals surface area contributed by atoms with Crippen molar-refractivity contribution in [2.24, 2.45) is 38.5 Å². The number of aliphatic imine (C=N–C) groups is 1. The van der Waals surface area contributed by atoms with E-state index >= 15 is 0 Å². The van der Waals surface area contributed by atoms with Crippen molar-refractivity contribution in [3.63, 3.8) is 0 Å². The van der Waals surface area contributed by atoms with Crippen molar-refractivity contribution in [2.45, 2.75) is 0 Å². The molecule has 0 unspecified atom stereocenters. The van der Waals surface area contributed by atoms with Crippen LogP contribution in [-0.2, 0) is 0 Å². The zero-order valence-electron chi connectivity index (χ0n) is 7.77. The number of hydrogen-bond acceptors (Lipinski definition) is 8. The van der Waals surface area contributed by atoms with Crippen molar-refractivity contribution >= 4 is 18.0 Å². The molecule has 0 spiro atoms. The molecule has 0 radical (unpaired) electrons. The number of hydrogen-bond donors (Lipinski definition) is 5. The van der Waals surface area contributed by atoms with Gasteiger partial charge in [-0.05, 0) is 9.73 Å². The number of guanidine groups is 2. The van der Waals surface area contributed by atoms with E-state index in [1.807, 2.05) is 0 Å². The summed E-state index contributed by atoms with van der Waals surface area (Å²) in [5.74, 6) is 13.2. The van der Waals surface area contributed by atoms with Gasteiger partial charge in [0, 0.05) is 10.1 Å². The Hall–Kier alpha value is -2.35. The molecular weight excluding hydrogens is 224 g/mol. The molecule has 0 saturated carbocycles. The minimum atomic E-state index is -1.08. The van der Waals surface area contributed by atoms with E-state index in [0.717, 1.165) is 0 Å². The highest BCUT2D eigenvalue weighted by atomic mass is 16.6. The lowest BCUT2D eigenvalue weighted by atomic mass is 11.0. The zero-order valence-corrected chi connectivity index (χ0v) is 7.77. The third-order valence-corrected chi connectivity index (χ3v) is 1.00. The molecule has 0 aromatic rings. The number of quaternary nitrogens is 1. The average Bonchev–Trinajstić information content (AvgIpc) is 2.51. The quantitative estimate of drug-likeness (QED) is 0.0754. The molecular formula is C3H9N10O3+. The Morgan fingerprint density at radius 1 is 1.38 bits per heavy atom. The minimum Gasteiger partial charge on any atom is -0.390 e. The van der Waals surface area contributed by atoms with Crippen LogP contribution < -0.4 is 23.3 Å². The largest absolute Gasteiger partial charge is 0.496 e. The molecule has 0 atom stereocenters. The first-order chi connectivity index (χ1) is 7.14. The van der Waals surface area contributed by atoms with Crippen LogP contribution >= 0.6 is 0 Å². The molecule has 0 fully saturated rings. The molecule has 1 rings (SSSR count). The highest BCUT2D eigenvalue weighted by Crippen LogP contribution is 1.97. The summed E-state index contributed by atoms with van der Waals surface area (Å²) in [5, 5.41) is 21.9. The number of nitrogens with one attached hydrogen (secondary N) is 1. The minimum absolute atomic E-state index is 0.486. The number of nitrogens with two attached hydrogens (primary N) is 4. The van der Waals surface area contributed by atoms with E-state index in [0.29, 0.717) is 0 Å². The second-order valence-corrected chi connectivity index (χ2v) is 2.37. The fourth-order valence-corrected chi connectivity index (χ4v) is 0.295. The molecule has 0 aromatic heterocycles. The number of nitrogens with zero attached hydrogens (tertiary/aromatic N) is 5. The number of azo groups is 1. The van der Waals surface area contributed by atoms with Crippen molar-refractivity contribution in [2.75, 3.05) is 0 Å². The van der Waals surface area contributed by atoms with Crippen LogP contribution in [0, 0.1) is 15.5 Å². The Morgan fingerprint density at radius 3 is 1.94 bits per heavy atom. The van der Waals surface area contributed by atoms with Gasteiger partial charge in [-0.1, -0.05) is 0 Å². The fourth-order valence-electron chi connectivity index (χ4n) is 0.295. The summed E-state index contributed by atoms with van der Waals surface area (Å²) in [6, 6.07) is -0.929. The van der Waals surface area contributed by atoms with Crippen molar-refractivity contribution in [3.05, 3.63) is 10.1 Å². The van der Waals surface area contributed by atoms with Crippen LogP contribution in [0.4, 0.5) is 4.79 Å². The van der Waals surface area contributed by atoms with Gasteiger partial charge in [0.15, 0.2) is 0 Å². The van der Waals surface area contributed by atoms with E-state index < -0.39 is 27.7 Å². The molecule has 9 N–H and O–H groups in total. The molecule has 88 valence electrons. The predicted octanol–water partition coefficient (Wildman–Crippen LogP) is -2.48. The maximum absolute atomic E-state index is 10.0. The van der Waals surface area contributed by atoms with E-state index in [1.54, 1.807) is 0 Å². The molecule has 0 saturated heterocycles. The summed E-state index contributed by atoms with van der Waals surface area (Å²) in [4.78, 5) is 20.6. The monoisotopic (exact) mass is 233 g/mol. The molecule has 1 heterocycles. The summed E-state index contributed by atoms with van der Waals surface area (Å²) in [6.07, 6.45) is 0. The van der Waals surface area contributed by atoms with Gasteiger partial charge in [0.05, 0.1) is 5.11 Å². The van der Waals surface area contributed by atoms with Gasteiger partial charge in [-0.2, -0.15) is 0 Å². The van der Waals surface area contributed by atoms with Crippen LogP contribution in [0.5, 0.6) is 0 Å². The van der Waals surface area contributed by atoms with Crippen molar-refractivity contribution in [3.8, 4) is 0 Å². The topological polar surface area (TPSA) is 225 Å². The van der Waals surface area contributed by atoms with E-state index in [2.05, 4.69) is 15.2 Å². The third kappa shape index (κ3) is 4.77.